The summed E-state index contributed by atoms with van der Waals surface area (Å²) in [6.07, 6.45) is 5.55. The Bertz CT molecular complexity index is 519. The Morgan fingerprint density at radius 1 is 1.52 bits per heavy atom. The van der Waals surface area contributed by atoms with Crippen LogP contribution in [0.25, 0.3) is 0 Å². The molecule has 1 aliphatic carbocycles. The second kappa shape index (κ2) is 6.63. The molecular weight excluding hydrogens is 306 g/mol. The average molecular weight is 330 g/mol. The van der Waals surface area contributed by atoms with E-state index in [0.717, 1.165) is 36.8 Å². The van der Waals surface area contributed by atoms with Crippen LogP contribution in [0.5, 0.6) is 0 Å². The number of halogens is 1. The maximum atomic E-state index is 12.8. The SMILES string of the molecule is CCc1nc(NC(=O)[C@@]23CCCC[C@H]2CNC3)sc1C.Cl. The summed E-state index contributed by atoms with van der Waals surface area (Å²) in [6, 6.07) is 0. The van der Waals surface area contributed by atoms with Crippen LogP contribution in [0.1, 0.15) is 43.2 Å². The highest BCUT2D eigenvalue weighted by molar-refractivity contribution is 7.15. The first-order valence-electron chi connectivity index (χ1n) is 7.64. The molecule has 21 heavy (non-hydrogen) atoms. The zero-order valence-corrected chi connectivity index (χ0v) is 14.3. The molecule has 2 N–H and O–H groups in total. The quantitative estimate of drug-likeness (QED) is 0.895. The lowest BCUT2D eigenvalue weighted by Gasteiger charge is -2.36. The molecule has 1 aliphatic heterocycles. The minimum Gasteiger partial charge on any atom is -0.315 e. The largest absolute Gasteiger partial charge is 0.315 e. The third-order valence-electron chi connectivity index (χ3n) is 4.94. The normalized spacial score (nSPS) is 27.8. The number of anilines is 1. The molecule has 0 spiro atoms. The topological polar surface area (TPSA) is 54.0 Å². The number of hydrogen-bond acceptors (Lipinski definition) is 4. The number of fused-ring (bicyclic) bond motifs is 1. The molecule has 1 saturated carbocycles. The van der Waals surface area contributed by atoms with E-state index in [9.17, 15) is 4.79 Å². The molecule has 1 aromatic rings. The van der Waals surface area contributed by atoms with Crippen LogP contribution in [0.4, 0.5) is 5.13 Å². The van der Waals surface area contributed by atoms with Crippen molar-refractivity contribution in [2.24, 2.45) is 11.3 Å². The third-order valence-corrected chi connectivity index (χ3v) is 5.87. The summed E-state index contributed by atoms with van der Waals surface area (Å²) in [6.45, 7) is 5.99. The Kier molecular flexibility index (Phi) is 5.28. The molecule has 3 rings (SSSR count). The van der Waals surface area contributed by atoms with E-state index in [0.29, 0.717) is 5.92 Å². The summed E-state index contributed by atoms with van der Waals surface area (Å²) >= 11 is 1.60. The third kappa shape index (κ3) is 2.96. The molecule has 1 saturated heterocycles. The van der Waals surface area contributed by atoms with E-state index in [1.54, 1.807) is 11.3 Å². The maximum absolute atomic E-state index is 12.8. The highest BCUT2D eigenvalue weighted by Crippen LogP contribution is 2.44. The number of carbonyl (C=O) groups is 1. The first-order chi connectivity index (χ1) is 9.65. The molecule has 0 unspecified atom stereocenters. The Balaban J connectivity index is 0.00000161. The molecule has 0 radical (unpaired) electrons. The highest BCUT2D eigenvalue weighted by atomic mass is 35.5. The Morgan fingerprint density at radius 2 is 2.33 bits per heavy atom. The van der Waals surface area contributed by atoms with Crippen LogP contribution in [0, 0.1) is 18.3 Å². The lowest BCUT2D eigenvalue weighted by Crippen LogP contribution is -2.44. The number of nitrogens with zero attached hydrogens (tertiary/aromatic N) is 1. The average Bonchev–Trinajstić information content (AvgIpc) is 3.02. The van der Waals surface area contributed by atoms with Gasteiger partial charge in [-0.15, -0.1) is 23.7 Å². The van der Waals surface area contributed by atoms with Crippen molar-refractivity contribution in [3.63, 3.8) is 0 Å². The maximum Gasteiger partial charge on any atom is 0.233 e. The summed E-state index contributed by atoms with van der Waals surface area (Å²) in [7, 11) is 0. The molecule has 1 amide bonds. The lowest BCUT2D eigenvalue weighted by molar-refractivity contribution is -0.128. The van der Waals surface area contributed by atoms with Gasteiger partial charge >= 0.3 is 0 Å². The first-order valence-corrected chi connectivity index (χ1v) is 8.46. The van der Waals surface area contributed by atoms with Crippen molar-refractivity contribution in [1.29, 1.82) is 0 Å². The Hall–Kier alpha value is -0.650. The second-order valence-electron chi connectivity index (χ2n) is 6.06. The number of thiazole rings is 1. The number of carbonyl (C=O) groups excluding carboxylic acids is 1. The summed E-state index contributed by atoms with van der Waals surface area (Å²) < 4.78 is 0. The van der Waals surface area contributed by atoms with E-state index in [2.05, 4.69) is 29.5 Å². The predicted octanol–water partition coefficient (Wildman–Crippen LogP) is 3.15. The first kappa shape index (κ1) is 16.7. The summed E-state index contributed by atoms with van der Waals surface area (Å²) in [5.74, 6) is 0.687. The van der Waals surface area contributed by atoms with Crippen LogP contribution in [-0.2, 0) is 11.2 Å². The molecule has 6 heteroatoms. The van der Waals surface area contributed by atoms with E-state index < -0.39 is 0 Å². The van der Waals surface area contributed by atoms with E-state index in [1.807, 2.05) is 0 Å². The molecule has 2 atom stereocenters. The van der Waals surface area contributed by atoms with Crippen molar-refractivity contribution in [2.45, 2.75) is 46.0 Å². The fourth-order valence-corrected chi connectivity index (χ4v) is 4.62. The highest BCUT2D eigenvalue weighted by Gasteiger charge is 2.49. The number of amides is 1. The van der Waals surface area contributed by atoms with Crippen molar-refractivity contribution in [2.75, 3.05) is 18.4 Å². The van der Waals surface area contributed by atoms with Gasteiger partial charge in [0.2, 0.25) is 5.91 Å². The molecule has 0 aromatic carbocycles. The van der Waals surface area contributed by atoms with Crippen molar-refractivity contribution < 1.29 is 4.79 Å². The van der Waals surface area contributed by atoms with Crippen LogP contribution in [0.15, 0.2) is 0 Å². The smallest absolute Gasteiger partial charge is 0.233 e. The molecule has 1 aromatic heterocycles. The van der Waals surface area contributed by atoms with Gasteiger partial charge in [0.05, 0.1) is 11.1 Å². The van der Waals surface area contributed by atoms with Gasteiger partial charge in [-0.3, -0.25) is 4.79 Å². The zero-order chi connectivity index (χ0) is 14.2. The second-order valence-corrected chi connectivity index (χ2v) is 7.26. The van der Waals surface area contributed by atoms with Crippen LogP contribution >= 0.6 is 23.7 Å². The zero-order valence-electron chi connectivity index (χ0n) is 12.7. The van der Waals surface area contributed by atoms with Crippen LogP contribution in [-0.4, -0.2) is 24.0 Å². The van der Waals surface area contributed by atoms with E-state index in [-0.39, 0.29) is 23.7 Å². The van der Waals surface area contributed by atoms with Crippen LogP contribution in [0.3, 0.4) is 0 Å². The van der Waals surface area contributed by atoms with E-state index >= 15 is 0 Å². The molecule has 2 fully saturated rings. The fourth-order valence-electron chi connectivity index (χ4n) is 3.72. The molecule has 4 nitrogen and oxygen atoms in total. The van der Waals surface area contributed by atoms with Gasteiger partial charge in [0, 0.05) is 11.4 Å². The number of hydrogen-bond donors (Lipinski definition) is 2. The fraction of sp³-hybridized carbons (Fsp3) is 0.733. The van der Waals surface area contributed by atoms with Gasteiger partial charge in [-0.1, -0.05) is 19.8 Å². The molecule has 118 valence electrons. The molecular formula is C15H24ClN3OS. The van der Waals surface area contributed by atoms with E-state index in [4.69, 9.17) is 0 Å². The molecule has 2 aliphatic rings. The van der Waals surface area contributed by atoms with Gasteiger partial charge < -0.3 is 10.6 Å². The molecule has 0 bridgehead atoms. The Labute approximate surface area is 136 Å². The van der Waals surface area contributed by atoms with Gasteiger partial charge in [-0.2, -0.15) is 0 Å². The van der Waals surface area contributed by atoms with Crippen LogP contribution < -0.4 is 10.6 Å². The lowest BCUT2D eigenvalue weighted by atomic mass is 9.68. The number of rotatable bonds is 3. The summed E-state index contributed by atoms with van der Waals surface area (Å²) in [4.78, 5) is 18.5. The van der Waals surface area contributed by atoms with Gasteiger partial charge in [0.15, 0.2) is 5.13 Å². The standard InChI is InChI=1S/C15H23N3OS.ClH/c1-3-12-10(2)20-14(17-12)18-13(19)15-7-5-4-6-11(15)8-16-9-15;/h11,16H,3-9H2,1-2H3,(H,17,18,19);1H/t11-,15+;/m0./s1. The van der Waals surface area contributed by atoms with Gasteiger partial charge in [-0.05, 0) is 38.6 Å². The number of nitrogens with one attached hydrogen (secondary N) is 2. The van der Waals surface area contributed by atoms with Crippen molar-refractivity contribution in [3.05, 3.63) is 10.6 Å². The van der Waals surface area contributed by atoms with Gasteiger partial charge in [-0.25, -0.2) is 4.98 Å². The van der Waals surface area contributed by atoms with Crippen molar-refractivity contribution >= 4 is 34.8 Å². The summed E-state index contributed by atoms with van der Waals surface area (Å²) in [5, 5.41) is 7.29. The van der Waals surface area contributed by atoms with E-state index in [1.165, 1.54) is 24.1 Å². The molecule has 2 heterocycles. The number of aryl methyl sites for hydroxylation is 2. The predicted molar refractivity (Wildman–Crippen MR) is 89.4 cm³/mol. The Morgan fingerprint density at radius 3 is 3.05 bits per heavy atom. The van der Waals surface area contributed by atoms with Gasteiger partial charge in [0.1, 0.15) is 0 Å². The van der Waals surface area contributed by atoms with Crippen molar-refractivity contribution in [3.8, 4) is 0 Å². The van der Waals surface area contributed by atoms with Crippen LogP contribution in [0.2, 0.25) is 0 Å². The summed E-state index contributed by atoms with van der Waals surface area (Å²) in [5.41, 5.74) is 0.914. The number of aromatic nitrogens is 1. The minimum absolute atomic E-state index is 0. The monoisotopic (exact) mass is 329 g/mol. The minimum atomic E-state index is -0.190. The van der Waals surface area contributed by atoms with Gasteiger partial charge in [0.25, 0.3) is 0 Å². The van der Waals surface area contributed by atoms with Crippen molar-refractivity contribution in [1.82, 2.24) is 10.3 Å².